The van der Waals surface area contributed by atoms with Gasteiger partial charge in [0.25, 0.3) is 0 Å². The Kier molecular flexibility index (Phi) is 3.80. The van der Waals surface area contributed by atoms with Crippen molar-refractivity contribution < 1.29 is 14.3 Å². The highest BCUT2D eigenvalue weighted by atomic mass is 16.6. The number of hydrogen-bond donors (Lipinski definition) is 2. The van der Waals surface area contributed by atoms with Crippen LogP contribution in [-0.4, -0.2) is 37.0 Å². The van der Waals surface area contributed by atoms with Crippen LogP contribution in [0.5, 0.6) is 0 Å². The Bertz CT molecular complexity index is 325. The molecule has 0 aromatic rings. The predicted molar refractivity (Wildman–Crippen MR) is 72.9 cm³/mol. The fourth-order valence-corrected chi connectivity index (χ4v) is 2.87. The minimum Gasteiger partial charge on any atom is -0.444 e. The van der Waals surface area contributed by atoms with Crippen molar-refractivity contribution in [2.45, 2.75) is 57.7 Å². The zero-order chi connectivity index (χ0) is 14.1. The maximum atomic E-state index is 11.7. The molecule has 19 heavy (non-hydrogen) atoms. The first kappa shape index (κ1) is 14.6. The summed E-state index contributed by atoms with van der Waals surface area (Å²) in [6, 6.07) is 0. The summed E-state index contributed by atoms with van der Waals surface area (Å²) in [5, 5.41) is 2.84. The lowest BCUT2D eigenvalue weighted by Crippen LogP contribution is -2.58. The molecule has 0 aromatic heterocycles. The summed E-state index contributed by atoms with van der Waals surface area (Å²) in [5.74, 6) is 0. The number of carbonyl (C=O) groups excluding carboxylic acids is 1. The number of amides is 1. The van der Waals surface area contributed by atoms with Crippen molar-refractivity contribution in [1.29, 1.82) is 0 Å². The molecule has 110 valence electrons. The van der Waals surface area contributed by atoms with Crippen molar-refractivity contribution in [1.82, 2.24) is 5.32 Å². The molecular formula is C14H26N2O3. The van der Waals surface area contributed by atoms with Gasteiger partial charge in [-0.05, 0) is 46.5 Å². The Balaban J connectivity index is 1.83. The van der Waals surface area contributed by atoms with E-state index in [1.54, 1.807) is 0 Å². The van der Waals surface area contributed by atoms with Crippen molar-refractivity contribution in [2.24, 2.45) is 11.1 Å². The number of alkyl carbamates (subject to hydrolysis) is 1. The summed E-state index contributed by atoms with van der Waals surface area (Å²) < 4.78 is 11.2. The SMILES string of the molecule is CC(C)(C)OC(=O)NCC12CCC(CN)(CC1)CO2. The molecule has 1 amide bonds. The smallest absolute Gasteiger partial charge is 0.407 e. The van der Waals surface area contributed by atoms with Gasteiger partial charge in [0.05, 0.1) is 12.2 Å². The van der Waals surface area contributed by atoms with Crippen molar-refractivity contribution >= 4 is 6.09 Å². The van der Waals surface area contributed by atoms with Crippen molar-refractivity contribution in [2.75, 3.05) is 19.7 Å². The van der Waals surface area contributed by atoms with Gasteiger partial charge >= 0.3 is 6.09 Å². The third-order valence-corrected chi connectivity index (χ3v) is 4.29. The third-order valence-electron chi connectivity index (χ3n) is 4.29. The standard InChI is InChI=1S/C14H26N2O3/c1-12(2,3)19-11(17)16-9-14-6-4-13(8-15,5-7-14)10-18-14/h4-10,15H2,1-3H3,(H,16,17). The highest BCUT2D eigenvalue weighted by Crippen LogP contribution is 2.47. The maximum absolute atomic E-state index is 11.7. The minimum absolute atomic E-state index is 0.188. The van der Waals surface area contributed by atoms with E-state index in [0.717, 1.165) is 32.3 Å². The van der Waals surface area contributed by atoms with Crippen LogP contribution >= 0.6 is 0 Å². The molecule has 0 unspecified atom stereocenters. The van der Waals surface area contributed by atoms with Crippen LogP contribution in [0.1, 0.15) is 46.5 Å². The van der Waals surface area contributed by atoms with Gasteiger partial charge in [0.1, 0.15) is 5.60 Å². The number of carbonyl (C=O) groups is 1. The fourth-order valence-electron chi connectivity index (χ4n) is 2.87. The van der Waals surface area contributed by atoms with Crippen molar-refractivity contribution in [3.8, 4) is 0 Å². The Morgan fingerprint density at radius 2 is 1.95 bits per heavy atom. The van der Waals surface area contributed by atoms with E-state index in [1.807, 2.05) is 20.8 Å². The number of nitrogens with one attached hydrogen (secondary N) is 1. The van der Waals surface area contributed by atoms with Gasteiger partial charge in [-0.3, -0.25) is 0 Å². The molecule has 2 bridgehead atoms. The highest BCUT2D eigenvalue weighted by Gasteiger charge is 2.49. The zero-order valence-corrected chi connectivity index (χ0v) is 12.3. The average molecular weight is 270 g/mol. The van der Waals surface area contributed by atoms with Crippen LogP contribution in [-0.2, 0) is 9.47 Å². The second kappa shape index (κ2) is 4.94. The van der Waals surface area contributed by atoms with Crippen LogP contribution in [0.3, 0.4) is 0 Å². The Morgan fingerprint density at radius 3 is 2.37 bits per heavy atom. The van der Waals surface area contributed by atoms with Gasteiger partial charge in [-0.15, -0.1) is 0 Å². The molecule has 2 saturated heterocycles. The summed E-state index contributed by atoms with van der Waals surface area (Å²) in [7, 11) is 0. The van der Waals surface area contributed by atoms with Crippen LogP contribution < -0.4 is 11.1 Å². The van der Waals surface area contributed by atoms with Gasteiger partial charge in [-0.1, -0.05) is 0 Å². The monoisotopic (exact) mass is 270 g/mol. The van der Waals surface area contributed by atoms with E-state index in [4.69, 9.17) is 15.2 Å². The van der Waals surface area contributed by atoms with Crippen molar-refractivity contribution in [3.05, 3.63) is 0 Å². The second-order valence-electron chi connectivity index (χ2n) is 7.03. The minimum atomic E-state index is -0.462. The van der Waals surface area contributed by atoms with Crippen molar-refractivity contribution in [3.63, 3.8) is 0 Å². The molecule has 1 saturated carbocycles. The van der Waals surface area contributed by atoms with Gasteiger partial charge in [0, 0.05) is 18.5 Å². The predicted octanol–water partition coefficient (Wildman–Crippen LogP) is 1.80. The summed E-state index contributed by atoms with van der Waals surface area (Å²) in [4.78, 5) is 11.7. The molecule has 3 aliphatic rings. The average Bonchev–Trinajstić information content (AvgIpc) is 2.37. The first-order valence-electron chi connectivity index (χ1n) is 7.09. The zero-order valence-electron chi connectivity index (χ0n) is 12.3. The van der Waals surface area contributed by atoms with Crippen LogP contribution in [0.2, 0.25) is 0 Å². The molecule has 0 radical (unpaired) electrons. The Hall–Kier alpha value is -0.810. The van der Waals surface area contributed by atoms with E-state index >= 15 is 0 Å². The quantitative estimate of drug-likeness (QED) is 0.820. The van der Waals surface area contributed by atoms with Crippen LogP contribution in [0.25, 0.3) is 0 Å². The molecule has 3 rings (SSSR count). The lowest BCUT2D eigenvalue weighted by atomic mass is 9.66. The van der Waals surface area contributed by atoms with Gasteiger partial charge in [0.15, 0.2) is 0 Å². The maximum Gasteiger partial charge on any atom is 0.407 e. The lowest BCUT2D eigenvalue weighted by molar-refractivity contribution is -0.177. The molecule has 5 heteroatoms. The molecule has 0 atom stereocenters. The second-order valence-corrected chi connectivity index (χ2v) is 7.03. The molecule has 0 aromatic carbocycles. The molecule has 0 spiro atoms. The largest absolute Gasteiger partial charge is 0.444 e. The number of ether oxygens (including phenoxy) is 2. The van der Waals surface area contributed by atoms with E-state index < -0.39 is 5.60 Å². The van der Waals surface area contributed by atoms with Gasteiger partial charge in [0.2, 0.25) is 0 Å². The normalized spacial score (nSPS) is 34.1. The Labute approximate surface area is 115 Å². The molecular weight excluding hydrogens is 244 g/mol. The number of hydrogen-bond acceptors (Lipinski definition) is 4. The highest BCUT2D eigenvalue weighted by molar-refractivity contribution is 5.67. The lowest BCUT2D eigenvalue weighted by Gasteiger charge is -2.52. The molecule has 2 aliphatic heterocycles. The third kappa shape index (κ3) is 3.39. The molecule has 3 fully saturated rings. The van der Waals surface area contributed by atoms with E-state index in [1.165, 1.54) is 0 Å². The summed E-state index contributed by atoms with van der Waals surface area (Å²) in [6.45, 7) is 7.53. The Morgan fingerprint density at radius 1 is 1.32 bits per heavy atom. The number of rotatable bonds is 3. The van der Waals surface area contributed by atoms with Gasteiger partial charge in [-0.25, -0.2) is 4.79 Å². The number of fused-ring (bicyclic) bond motifs is 3. The molecule has 1 aliphatic carbocycles. The fraction of sp³-hybridized carbons (Fsp3) is 0.929. The first-order valence-corrected chi connectivity index (χ1v) is 7.09. The summed E-state index contributed by atoms with van der Waals surface area (Å²) in [6.07, 6.45) is 3.77. The van der Waals surface area contributed by atoms with Gasteiger partial charge in [-0.2, -0.15) is 0 Å². The van der Waals surface area contributed by atoms with Crippen LogP contribution in [0, 0.1) is 5.41 Å². The summed E-state index contributed by atoms with van der Waals surface area (Å²) in [5.41, 5.74) is 5.36. The molecule has 3 N–H and O–H groups in total. The topological polar surface area (TPSA) is 73.6 Å². The van der Waals surface area contributed by atoms with Crippen LogP contribution in [0.4, 0.5) is 4.79 Å². The molecule has 5 nitrogen and oxygen atoms in total. The van der Waals surface area contributed by atoms with E-state index in [0.29, 0.717) is 13.1 Å². The van der Waals surface area contributed by atoms with E-state index in [-0.39, 0.29) is 17.1 Å². The van der Waals surface area contributed by atoms with E-state index in [2.05, 4.69) is 5.32 Å². The van der Waals surface area contributed by atoms with Crippen LogP contribution in [0.15, 0.2) is 0 Å². The summed E-state index contributed by atoms with van der Waals surface area (Å²) >= 11 is 0. The van der Waals surface area contributed by atoms with E-state index in [9.17, 15) is 4.79 Å². The molecule has 2 heterocycles. The first-order chi connectivity index (χ1) is 8.78. The number of nitrogens with two attached hydrogens (primary N) is 1. The van der Waals surface area contributed by atoms with Gasteiger partial charge < -0.3 is 20.5 Å².